The van der Waals surface area contributed by atoms with Gasteiger partial charge in [-0.1, -0.05) is 51.0 Å². The molecule has 0 aromatic heterocycles. The van der Waals surface area contributed by atoms with Crippen LogP contribution in [0, 0.1) is 0 Å². The Bertz CT molecular complexity index is 2080. The van der Waals surface area contributed by atoms with Crippen LogP contribution in [0.3, 0.4) is 0 Å². The summed E-state index contributed by atoms with van der Waals surface area (Å²) in [4.78, 5) is 26.7. The third-order valence-electron chi connectivity index (χ3n) is 7.26. The van der Waals surface area contributed by atoms with E-state index in [1.165, 1.54) is 50.6 Å². The van der Waals surface area contributed by atoms with Crippen molar-refractivity contribution in [3.8, 4) is 11.5 Å². The van der Waals surface area contributed by atoms with Crippen molar-refractivity contribution in [1.29, 1.82) is 0 Å². The number of hydrogen-bond donors (Lipinski definition) is 4. The Labute approximate surface area is 278 Å². The molecule has 256 valence electrons. The van der Waals surface area contributed by atoms with Gasteiger partial charge in [0.2, 0.25) is 20.0 Å². The molecule has 0 bridgehead atoms. The van der Waals surface area contributed by atoms with Crippen LogP contribution in [0.4, 0.5) is 11.4 Å². The number of nitrogens with zero attached hydrogens (tertiary/aromatic N) is 2. The van der Waals surface area contributed by atoms with Crippen LogP contribution >= 0.6 is 0 Å². The highest BCUT2D eigenvalue weighted by molar-refractivity contribution is 7.89. The van der Waals surface area contributed by atoms with Crippen molar-refractivity contribution in [3.63, 3.8) is 0 Å². The lowest BCUT2D eigenvalue weighted by molar-refractivity contribution is 0.416. The minimum Gasteiger partial charge on any atom is -0.495 e. The van der Waals surface area contributed by atoms with Gasteiger partial charge >= 0.3 is 0 Å². The van der Waals surface area contributed by atoms with E-state index in [1.807, 2.05) is 13.8 Å². The normalized spacial score (nSPS) is 12.8. The maximum Gasteiger partial charge on any atom is 0.256 e. The van der Waals surface area contributed by atoms with E-state index in [9.17, 15) is 26.4 Å². The highest BCUT2D eigenvalue weighted by Crippen LogP contribution is 2.28. The van der Waals surface area contributed by atoms with Crippen molar-refractivity contribution in [3.05, 3.63) is 91.8 Å². The second-order valence-corrected chi connectivity index (χ2v) is 14.1. The van der Waals surface area contributed by atoms with E-state index in [0.29, 0.717) is 12.8 Å². The van der Waals surface area contributed by atoms with Crippen molar-refractivity contribution in [2.45, 2.75) is 49.3 Å². The number of nitrogens with one attached hydrogen (secondary N) is 4. The maximum atomic E-state index is 13.4. The average Bonchev–Trinajstić information content (AvgIpc) is 3.08. The molecule has 4 aromatic carbocycles. The molecule has 4 aromatic rings. The maximum absolute atomic E-state index is 13.4. The van der Waals surface area contributed by atoms with E-state index < -0.39 is 30.9 Å². The summed E-state index contributed by atoms with van der Waals surface area (Å²) in [6, 6.07) is 14.8. The van der Waals surface area contributed by atoms with Gasteiger partial charge < -0.3 is 9.47 Å². The summed E-state index contributed by atoms with van der Waals surface area (Å²) >= 11 is 0. The van der Waals surface area contributed by atoms with Gasteiger partial charge in [-0.3, -0.25) is 20.4 Å². The largest absolute Gasteiger partial charge is 0.495 e. The summed E-state index contributed by atoms with van der Waals surface area (Å²) in [5.41, 5.74) is 3.73. The van der Waals surface area contributed by atoms with Crippen LogP contribution in [0.5, 0.6) is 11.5 Å². The summed E-state index contributed by atoms with van der Waals surface area (Å²) < 4.78 is 67.0. The van der Waals surface area contributed by atoms with Gasteiger partial charge in [-0.2, -0.15) is 10.2 Å². The van der Waals surface area contributed by atoms with Crippen LogP contribution in [0.25, 0.3) is 10.8 Å². The molecule has 0 spiro atoms. The number of benzene rings is 4. The average molecular weight is 699 g/mol. The van der Waals surface area contributed by atoms with Crippen molar-refractivity contribution in [2.24, 2.45) is 10.2 Å². The van der Waals surface area contributed by atoms with Gasteiger partial charge in [0, 0.05) is 23.9 Å². The van der Waals surface area contributed by atoms with E-state index in [1.54, 1.807) is 24.3 Å². The Balaban J connectivity index is 1.78. The molecule has 0 heterocycles. The molecular formula is C32H38N6O8S2. The number of ether oxygens (including phenoxy) is 2. The fourth-order valence-electron chi connectivity index (χ4n) is 4.63. The molecule has 16 heteroatoms. The summed E-state index contributed by atoms with van der Waals surface area (Å²) in [6.07, 6.45) is 2.97. The van der Waals surface area contributed by atoms with Gasteiger partial charge in [0.15, 0.2) is 0 Å². The van der Waals surface area contributed by atoms with Crippen LogP contribution in [0.2, 0.25) is 0 Å². The molecule has 0 saturated heterocycles. The molecule has 4 rings (SSSR count). The smallest absolute Gasteiger partial charge is 0.256 e. The van der Waals surface area contributed by atoms with E-state index in [-0.39, 0.29) is 67.2 Å². The van der Waals surface area contributed by atoms with Crippen LogP contribution in [-0.2, 0) is 20.0 Å². The molecule has 14 nitrogen and oxygen atoms in total. The second-order valence-electron chi connectivity index (χ2n) is 10.6. The van der Waals surface area contributed by atoms with Gasteiger partial charge in [0.1, 0.15) is 22.2 Å². The topological polar surface area (TPSA) is 194 Å². The van der Waals surface area contributed by atoms with Gasteiger partial charge in [-0.25, -0.2) is 26.3 Å². The highest BCUT2D eigenvalue weighted by atomic mass is 32.2. The van der Waals surface area contributed by atoms with Crippen molar-refractivity contribution >= 4 is 42.2 Å². The molecule has 0 radical (unpaired) electrons. The first kappa shape index (κ1) is 36.2. The number of anilines is 2. The Kier molecular flexibility index (Phi) is 12.0. The SMILES string of the molecule is CCCCNS(=O)(=O)c1ccc(OC)c(NN=c2c(=O)c(=O)c(=NNc3cc(S(=O)(=O)NCCCC)ccc3OC)c3ccccc23)c1. The fraction of sp³-hybridized carbons (Fsp3) is 0.312. The molecule has 0 saturated carbocycles. The van der Waals surface area contributed by atoms with Gasteiger partial charge in [-0.05, 0) is 49.2 Å². The third-order valence-corrected chi connectivity index (χ3v) is 10.2. The fourth-order valence-corrected chi connectivity index (χ4v) is 6.83. The Morgan fingerprint density at radius 2 is 1.02 bits per heavy atom. The lowest BCUT2D eigenvalue weighted by Crippen LogP contribution is -2.48. The number of fused-ring (bicyclic) bond motifs is 1. The first-order chi connectivity index (χ1) is 23.0. The zero-order chi connectivity index (χ0) is 34.9. The van der Waals surface area contributed by atoms with Gasteiger partial charge in [0.25, 0.3) is 10.9 Å². The van der Waals surface area contributed by atoms with E-state index in [2.05, 4.69) is 30.5 Å². The van der Waals surface area contributed by atoms with Crippen LogP contribution in [-0.4, -0.2) is 44.1 Å². The summed E-state index contributed by atoms with van der Waals surface area (Å²) in [5.74, 6) is 0.500. The predicted molar refractivity (Wildman–Crippen MR) is 183 cm³/mol. The summed E-state index contributed by atoms with van der Waals surface area (Å²) in [5, 5.41) is 8.54. The number of sulfonamides is 2. The van der Waals surface area contributed by atoms with E-state index in [4.69, 9.17) is 9.47 Å². The monoisotopic (exact) mass is 698 g/mol. The minimum absolute atomic E-state index is 0.0434. The molecule has 0 aliphatic rings. The minimum atomic E-state index is -3.83. The Hall–Kier alpha value is -4.64. The summed E-state index contributed by atoms with van der Waals surface area (Å²) in [7, 11) is -4.88. The number of unbranched alkanes of at least 4 members (excludes halogenated alkanes) is 2. The number of methoxy groups -OCH3 is 2. The Morgan fingerprint density at radius 1 is 0.625 bits per heavy atom. The molecule has 0 aliphatic heterocycles. The molecule has 0 atom stereocenters. The third kappa shape index (κ3) is 8.25. The van der Waals surface area contributed by atoms with Crippen LogP contribution in [0.15, 0.2) is 90.2 Å². The lowest BCUT2D eigenvalue weighted by Gasteiger charge is -2.12. The van der Waals surface area contributed by atoms with E-state index >= 15 is 0 Å². The second kappa shape index (κ2) is 16.0. The first-order valence-corrected chi connectivity index (χ1v) is 18.2. The van der Waals surface area contributed by atoms with E-state index in [0.717, 1.165) is 12.8 Å². The molecule has 0 fully saturated rings. The zero-order valence-electron chi connectivity index (χ0n) is 27.0. The summed E-state index contributed by atoms with van der Waals surface area (Å²) in [6.45, 7) is 4.44. The molecule has 4 N–H and O–H groups in total. The first-order valence-electron chi connectivity index (χ1n) is 15.2. The van der Waals surface area contributed by atoms with Crippen molar-refractivity contribution in [2.75, 3.05) is 38.2 Å². The molecule has 0 unspecified atom stereocenters. The lowest BCUT2D eigenvalue weighted by atomic mass is 10.1. The number of hydrogen-bond acceptors (Lipinski definition) is 12. The zero-order valence-corrected chi connectivity index (χ0v) is 28.6. The Morgan fingerprint density at radius 3 is 1.38 bits per heavy atom. The molecular weight excluding hydrogens is 661 g/mol. The highest BCUT2D eigenvalue weighted by Gasteiger charge is 2.18. The van der Waals surface area contributed by atoms with Crippen molar-refractivity contribution in [1.82, 2.24) is 9.44 Å². The molecule has 0 aliphatic carbocycles. The van der Waals surface area contributed by atoms with Gasteiger partial charge in [0.05, 0.1) is 35.4 Å². The van der Waals surface area contributed by atoms with Crippen LogP contribution in [0.1, 0.15) is 39.5 Å². The van der Waals surface area contributed by atoms with Gasteiger partial charge in [-0.15, -0.1) is 0 Å². The van der Waals surface area contributed by atoms with Crippen LogP contribution < -0.4 is 51.3 Å². The predicted octanol–water partition coefficient (Wildman–Crippen LogP) is 2.47. The molecule has 48 heavy (non-hydrogen) atoms. The quantitative estimate of drug-likeness (QED) is 0.0767. The molecule has 0 amide bonds. The number of rotatable bonds is 16. The van der Waals surface area contributed by atoms with Crippen molar-refractivity contribution < 1.29 is 26.3 Å². The standard InChI is InChI=1S/C32H38N6O8S2/c1-5-7-17-33-47(41,42)21-13-15-27(45-3)25(19-21)35-37-29-23-11-9-10-12-24(23)30(32(40)31(29)39)38-36-26-20-22(14-16-28(26)46-4)48(43,44)34-18-8-6-2/h9-16,19-20,33-36H,5-8,17-18H2,1-4H3.